The van der Waals surface area contributed by atoms with E-state index in [-0.39, 0.29) is 0 Å². The van der Waals surface area contributed by atoms with Crippen LogP contribution in [-0.4, -0.2) is 25.2 Å². The van der Waals surface area contributed by atoms with Crippen LogP contribution >= 0.6 is 15.9 Å². The van der Waals surface area contributed by atoms with E-state index >= 15 is 0 Å². The molecule has 2 atom stereocenters. The highest BCUT2D eigenvalue weighted by Crippen LogP contribution is 2.29. The zero-order valence-electron chi connectivity index (χ0n) is 10.2. The molecule has 0 aliphatic carbocycles. The maximum Gasteiger partial charge on any atom is 0.101 e. The second-order valence-corrected chi connectivity index (χ2v) is 6.06. The van der Waals surface area contributed by atoms with Crippen molar-refractivity contribution in [2.24, 2.45) is 0 Å². The Morgan fingerprint density at radius 1 is 1.28 bits per heavy atom. The van der Waals surface area contributed by atoms with Crippen molar-refractivity contribution in [3.05, 3.63) is 28.2 Å². The molecule has 2 saturated heterocycles. The first kappa shape index (κ1) is 12.0. The summed E-state index contributed by atoms with van der Waals surface area (Å²) in [5.41, 5.74) is 1.84. The van der Waals surface area contributed by atoms with Gasteiger partial charge in [-0.05, 0) is 37.5 Å². The summed E-state index contributed by atoms with van der Waals surface area (Å²) in [4.78, 5) is 2.36. The van der Waals surface area contributed by atoms with Crippen LogP contribution in [0.1, 0.15) is 24.8 Å². The van der Waals surface area contributed by atoms with Gasteiger partial charge in [0, 0.05) is 29.6 Å². The number of nitrogens with one attached hydrogen (secondary N) is 1. The highest BCUT2D eigenvalue weighted by Gasteiger charge is 2.29. The van der Waals surface area contributed by atoms with E-state index in [0.717, 1.165) is 28.8 Å². The largest absolute Gasteiger partial charge is 0.369 e. The smallest absolute Gasteiger partial charge is 0.101 e. The summed E-state index contributed by atoms with van der Waals surface area (Å²) in [6.45, 7) is 2.06. The molecule has 1 aromatic rings. The van der Waals surface area contributed by atoms with Crippen LogP contribution in [0.3, 0.4) is 0 Å². The van der Waals surface area contributed by atoms with Crippen molar-refractivity contribution < 1.29 is 0 Å². The van der Waals surface area contributed by atoms with Crippen molar-refractivity contribution in [3.63, 3.8) is 0 Å². The summed E-state index contributed by atoms with van der Waals surface area (Å²) in [5, 5.41) is 12.9. The summed E-state index contributed by atoms with van der Waals surface area (Å²) in [6, 6.07) is 9.47. The number of anilines is 1. The Balaban J connectivity index is 1.90. The van der Waals surface area contributed by atoms with Crippen LogP contribution in [0.5, 0.6) is 0 Å². The summed E-state index contributed by atoms with van der Waals surface area (Å²) in [5.74, 6) is 0. The monoisotopic (exact) mass is 305 g/mol. The van der Waals surface area contributed by atoms with E-state index in [9.17, 15) is 5.26 Å². The molecule has 0 saturated carbocycles. The predicted molar refractivity (Wildman–Crippen MR) is 75.6 cm³/mol. The van der Waals surface area contributed by atoms with Crippen molar-refractivity contribution in [1.82, 2.24) is 5.32 Å². The lowest BCUT2D eigenvalue weighted by Crippen LogP contribution is -2.35. The second-order valence-electron chi connectivity index (χ2n) is 5.15. The van der Waals surface area contributed by atoms with Gasteiger partial charge >= 0.3 is 0 Å². The molecule has 94 valence electrons. The molecule has 3 nitrogen and oxygen atoms in total. The Morgan fingerprint density at radius 2 is 2.11 bits per heavy atom. The van der Waals surface area contributed by atoms with Crippen LogP contribution in [0.4, 0.5) is 5.69 Å². The lowest BCUT2D eigenvalue weighted by Gasteiger charge is -2.27. The van der Waals surface area contributed by atoms with Crippen LogP contribution in [0.15, 0.2) is 22.7 Å². The molecule has 4 heteroatoms. The molecule has 2 aliphatic rings. The van der Waals surface area contributed by atoms with Crippen LogP contribution in [0.25, 0.3) is 0 Å². The van der Waals surface area contributed by atoms with Crippen LogP contribution in [0.2, 0.25) is 0 Å². The lowest BCUT2D eigenvalue weighted by molar-refractivity contribution is 0.563. The first-order valence-corrected chi connectivity index (χ1v) is 7.26. The highest BCUT2D eigenvalue weighted by atomic mass is 79.9. The van der Waals surface area contributed by atoms with Crippen molar-refractivity contribution in [1.29, 1.82) is 5.26 Å². The first-order chi connectivity index (χ1) is 8.76. The van der Waals surface area contributed by atoms with Gasteiger partial charge in [-0.15, -0.1) is 0 Å². The molecular weight excluding hydrogens is 290 g/mol. The molecule has 0 amide bonds. The summed E-state index contributed by atoms with van der Waals surface area (Å²) in [7, 11) is 0. The van der Waals surface area contributed by atoms with Gasteiger partial charge < -0.3 is 10.2 Å². The SMILES string of the molecule is N#Cc1ccc(Br)cc1N1CCC2CCC(C1)N2. The number of hydrogen-bond acceptors (Lipinski definition) is 3. The van der Waals surface area contributed by atoms with Crippen LogP contribution < -0.4 is 10.2 Å². The van der Waals surface area contributed by atoms with E-state index in [1.165, 1.54) is 19.3 Å². The number of nitrogens with zero attached hydrogens (tertiary/aromatic N) is 2. The Labute approximate surface area is 116 Å². The molecule has 3 rings (SSSR count). The zero-order chi connectivity index (χ0) is 12.5. The van der Waals surface area contributed by atoms with E-state index in [0.29, 0.717) is 12.1 Å². The van der Waals surface area contributed by atoms with Gasteiger partial charge in [0.25, 0.3) is 0 Å². The Bertz CT molecular complexity index is 494. The van der Waals surface area contributed by atoms with E-state index in [2.05, 4.69) is 38.3 Å². The molecule has 1 N–H and O–H groups in total. The van der Waals surface area contributed by atoms with Gasteiger partial charge in [0.1, 0.15) is 6.07 Å². The standard InChI is InChI=1S/C14H16BrN3/c15-11-2-1-10(8-16)14(7-11)18-6-5-12-3-4-13(9-18)17-12/h1-2,7,12-13,17H,3-6,9H2. The Hall–Kier alpha value is -1.05. The molecule has 2 unspecified atom stereocenters. The van der Waals surface area contributed by atoms with Gasteiger partial charge in [-0.1, -0.05) is 15.9 Å². The lowest BCUT2D eigenvalue weighted by atomic mass is 10.1. The van der Waals surface area contributed by atoms with Gasteiger partial charge in [-0.2, -0.15) is 5.26 Å². The maximum atomic E-state index is 9.23. The van der Waals surface area contributed by atoms with Crippen LogP contribution in [-0.2, 0) is 0 Å². The average molecular weight is 306 g/mol. The van der Waals surface area contributed by atoms with Gasteiger partial charge in [0.15, 0.2) is 0 Å². The van der Waals surface area contributed by atoms with E-state index in [1.807, 2.05) is 12.1 Å². The third-order valence-electron chi connectivity index (χ3n) is 3.94. The topological polar surface area (TPSA) is 39.1 Å². The van der Waals surface area contributed by atoms with E-state index in [1.54, 1.807) is 0 Å². The minimum absolute atomic E-state index is 0.586. The minimum atomic E-state index is 0.586. The first-order valence-electron chi connectivity index (χ1n) is 6.47. The molecule has 0 aromatic heterocycles. The van der Waals surface area contributed by atoms with Crippen molar-refractivity contribution in [2.45, 2.75) is 31.3 Å². The normalized spacial score (nSPS) is 26.8. The number of hydrogen-bond donors (Lipinski definition) is 1. The number of rotatable bonds is 1. The molecule has 18 heavy (non-hydrogen) atoms. The van der Waals surface area contributed by atoms with Gasteiger partial charge in [0.05, 0.1) is 11.3 Å². The third kappa shape index (κ3) is 2.25. The predicted octanol–water partition coefficient (Wildman–Crippen LogP) is 2.65. The molecule has 0 spiro atoms. The molecule has 2 aliphatic heterocycles. The number of benzene rings is 1. The summed E-state index contributed by atoms with van der Waals surface area (Å²) in [6.07, 6.45) is 3.74. The fourth-order valence-electron chi connectivity index (χ4n) is 3.02. The van der Waals surface area contributed by atoms with Crippen molar-refractivity contribution in [3.8, 4) is 6.07 Å². The zero-order valence-corrected chi connectivity index (χ0v) is 11.8. The molecule has 2 bridgehead atoms. The van der Waals surface area contributed by atoms with Crippen molar-refractivity contribution >= 4 is 21.6 Å². The number of nitriles is 1. The number of fused-ring (bicyclic) bond motifs is 2. The molecular formula is C14H16BrN3. The second kappa shape index (κ2) is 4.91. The quantitative estimate of drug-likeness (QED) is 0.867. The fraction of sp³-hybridized carbons (Fsp3) is 0.500. The van der Waals surface area contributed by atoms with Gasteiger partial charge in [0.2, 0.25) is 0 Å². The van der Waals surface area contributed by atoms with E-state index in [4.69, 9.17) is 0 Å². The number of halogens is 1. The Morgan fingerprint density at radius 3 is 2.94 bits per heavy atom. The Kier molecular flexibility index (Phi) is 3.27. The van der Waals surface area contributed by atoms with Crippen LogP contribution in [0, 0.1) is 11.3 Å². The van der Waals surface area contributed by atoms with E-state index < -0.39 is 0 Å². The molecule has 1 aromatic carbocycles. The summed E-state index contributed by atoms with van der Waals surface area (Å²) < 4.78 is 1.04. The molecule has 2 fully saturated rings. The summed E-state index contributed by atoms with van der Waals surface area (Å²) >= 11 is 3.50. The van der Waals surface area contributed by atoms with Crippen molar-refractivity contribution in [2.75, 3.05) is 18.0 Å². The van der Waals surface area contributed by atoms with Gasteiger partial charge in [-0.25, -0.2) is 0 Å². The average Bonchev–Trinajstić information content (AvgIpc) is 2.69. The molecule has 0 radical (unpaired) electrons. The fourth-order valence-corrected chi connectivity index (χ4v) is 3.37. The third-order valence-corrected chi connectivity index (χ3v) is 4.44. The molecule has 2 heterocycles. The maximum absolute atomic E-state index is 9.23. The van der Waals surface area contributed by atoms with Gasteiger partial charge in [-0.3, -0.25) is 0 Å². The highest BCUT2D eigenvalue weighted by molar-refractivity contribution is 9.10. The minimum Gasteiger partial charge on any atom is -0.369 e.